The molecule has 1 saturated carbocycles. The van der Waals surface area contributed by atoms with Gasteiger partial charge in [0, 0.05) is 6.54 Å². The van der Waals surface area contributed by atoms with Gasteiger partial charge in [0.25, 0.3) is 0 Å². The summed E-state index contributed by atoms with van der Waals surface area (Å²) in [6.07, 6.45) is 6.03. The Morgan fingerprint density at radius 2 is 2.12 bits per heavy atom. The lowest BCUT2D eigenvalue weighted by atomic mass is 9.87. The van der Waals surface area contributed by atoms with E-state index in [4.69, 9.17) is 0 Å². The predicted molar refractivity (Wildman–Crippen MR) is 58.4 cm³/mol. The summed E-state index contributed by atoms with van der Waals surface area (Å²) in [5, 5.41) is 12.6. The molecule has 16 heavy (non-hydrogen) atoms. The van der Waals surface area contributed by atoms with Gasteiger partial charge in [-0.1, -0.05) is 6.42 Å². The van der Waals surface area contributed by atoms with Crippen LogP contribution in [0.4, 0.5) is 10.3 Å². The zero-order valence-corrected chi connectivity index (χ0v) is 9.06. The van der Waals surface area contributed by atoms with Crippen LogP contribution in [0.1, 0.15) is 25.7 Å². The first-order valence-corrected chi connectivity index (χ1v) is 5.63. The smallest absolute Gasteiger partial charge is 0.222 e. The van der Waals surface area contributed by atoms with Crippen molar-refractivity contribution in [3.05, 3.63) is 18.2 Å². The molecule has 2 unspecified atom stereocenters. The minimum absolute atomic E-state index is 0.172. The summed E-state index contributed by atoms with van der Waals surface area (Å²) in [7, 11) is 0. The van der Waals surface area contributed by atoms with E-state index in [9.17, 15) is 9.50 Å². The second-order valence-corrected chi connectivity index (χ2v) is 4.29. The quantitative estimate of drug-likeness (QED) is 0.820. The Labute approximate surface area is 93.9 Å². The van der Waals surface area contributed by atoms with E-state index in [0.29, 0.717) is 11.9 Å². The van der Waals surface area contributed by atoms with Crippen molar-refractivity contribution >= 4 is 5.95 Å². The van der Waals surface area contributed by atoms with Gasteiger partial charge in [0.05, 0.1) is 18.5 Å². The zero-order chi connectivity index (χ0) is 11.4. The average Bonchev–Trinajstić information content (AvgIpc) is 2.28. The molecule has 1 aliphatic rings. The average molecular weight is 225 g/mol. The maximum absolute atomic E-state index is 12.5. The monoisotopic (exact) mass is 225 g/mol. The van der Waals surface area contributed by atoms with Crippen molar-refractivity contribution in [2.24, 2.45) is 5.92 Å². The fraction of sp³-hybridized carbons (Fsp3) is 0.636. The van der Waals surface area contributed by atoms with Crippen molar-refractivity contribution in [2.75, 3.05) is 11.9 Å². The summed E-state index contributed by atoms with van der Waals surface area (Å²) in [6.45, 7) is 0.739. The highest BCUT2D eigenvalue weighted by Gasteiger charge is 2.19. The number of nitrogens with one attached hydrogen (secondary N) is 1. The number of hydrogen-bond acceptors (Lipinski definition) is 4. The Balaban J connectivity index is 1.80. The molecule has 88 valence electrons. The van der Waals surface area contributed by atoms with Crippen molar-refractivity contribution in [3.63, 3.8) is 0 Å². The van der Waals surface area contributed by atoms with E-state index in [2.05, 4.69) is 15.3 Å². The third-order valence-corrected chi connectivity index (χ3v) is 2.92. The van der Waals surface area contributed by atoms with Crippen LogP contribution >= 0.6 is 0 Å². The van der Waals surface area contributed by atoms with E-state index in [-0.39, 0.29) is 6.10 Å². The standard InChI is InChI=1S/C11H16FN3O/c12-9-6-14-11(15-7-9)13-5-8-2-1-3-10(16)4-8/h6-8,10,16H,1-5H2,(H,13,14,15). The first-order chi connectivity index (χ1) is 7.74. The summed E-state index contributed by atoms with van der Waals surface area (Å²) in [4.78, 5) is 7.64. The highest BCUT2D eigenvalue weighted by Crippen LogP contribution is 2.24. The van der Waals surface area contributed by atoms with E-state index in [1.807, 2.05) is 0 Å². The molecule has 0 spiro atoms. The van der Waals surface area contributed by atoms with Crippen LogP contribution in [0.2, 0.25) is 0 Å². The van der Waals surface area contributed by atoms with Crippen molar-refractivity contribution in [3.8, 4) is 0 Å². The lowest BCUT2D eigenvalue weighted by Crippen LogP contribution is -2.25. The van der Waals surface area contributed by atoms with Gasteiger partial charge in [-0.25, -0.2) is 14.4 Å². The molecule has 2 N–H and O–H groups in total. The maximum Gasteiger partial charge on any atom is 0.222 e. The molecule has 1 fully saturated rings. The molecule has 0 amide bonds. The maximum atomic E-state index is 12.5. The second-order valence-electron chi connectivity index (χ2n) is 4.29. The van der Waals surface area contributed by atoms with Gasteiger partial charge < -0.3 is 10.4 Å². The van der Waals surface area contributed by atoms with Gasteiger partial charge in [-0.2, -0.15) is 0 Å². The van der Waals surface area contributed by atoms with Gasteiger partial charge in [0.1, 0.15) is 0 Å². The number of aliphatic hydroxyl groups is 1. The molecular formula is C11H16FN3O. The molecule has 0 aliphatic heterocycles. The summed E-state index contributed by atoms with van der Waals surface area (Å²) < 4.78 is 12.5. The number of hydrogen-bond donors (Lipinski definition) is 2. The molecule has 1 heterocycles. The van der Waals surface area contributed by atoms with Gasteiger partial charge in [-0.3, -0.25) is 0 Å². The van der Waals surface area contributed by atoms with Gasteiger partial charge >= 0.3 is 0 Å². The molecule has 4 nitrogen and oxygen atoms in total. The van der Waals surface area contributed by atoms with Crippen molar-refractivity contribution in [2.45, 2.75) is 31.8 Å². The largest absolute Gasteiger partial charge is 0.393 e. The van der Waals surface area contributed by atoms with E-state index in [1.54, 1.807) is 0 Å². The van der Waals surface area contributed by atoms with E-state index < -0.39 is 5.82 Å². The molecule has 0 saturated heterocycles. The van der Waals surface area contributed by atoms with E-state index in [0.717, 1.165) is 44.6 Å². The molecule has 5 heteroatoms. The Bertz CT molecular complexity index is 331. The van der Waals surface area contributed by atoms with Crippen LogP contribution in [0.25, 0.3) is 0 Å². The minimum atomic E-state index is -0.432. The van der Waals surface area contributed by atoms with Crippen LogP contribution in [0.5, 0.6) is 0 Å². The van der Waals surface area contributed by atoms with Crippen LogP contribution in [0, 0.1) is 11.7 Å². The normalized spacial score (nSPS) is 25.4. The topological polar surface area (TPSA) is 58.0 Å². The van der Waals surface area contributed by atoms with Gasteiger partial charge in [0.2, 0.25) is 5.95 Å². The first-order valence-electron chi connectivity index (χ1n) is 5.63. The van der Waals surface area contributed by atoms with E-state index >= 15 is 0 Å². The molecule has 2 atom stereocenters. The predicted octanol–water partition coefficient (Wildman–Crippen LogP) is 1.58. The molecule has 1 aromatic rings. The van der Waals surface area contributed by atoms with E-state index in [1.165, 1.54) is 0 Å². The van der Waals surface area contributed by atoms with Crippen LogP contribution in [0.15, 0.2) is 12.4 Å². The van der Waals surface area contributed by atoms with Gasteiger partial charge in [-0.05, 0) is 25.2 Å². The number of nitrogens with zero attached hydrogens (tertiary/aromatic N) is 2. The lowest BCUT2D eigenvalue weighted by Gasteiger charge is -2.25. The Kier molecular flexibility index (Phi) is 3.66. The summed E-state index contributed by atoms with van der Waals surface area (Å²) in [6, 6.07) is 0. The summed E-state index contributed by atoms with van der Waals surface area (Å²) in [5.41, 5.74) is 0. The number of aliphatic hydroxyl groups excluding tert-OH is 1. The Morgan fingerprint density at radius 1 is 1.38 bits per heavy atom. The SMILES string of the molecule is OC1CCCC(CNc2ncc(F)cn2)C1. The van der Waals surface area contributed by atoms with Crippen LogP contribution in [-0.4, -0.2) is 27.7 Å². The first kappa shape index (κ1) is 11.3. The fourth-order valence-electron chi connectivity index (χ4n) is 2.09. The number of anilines is 1. The molecular weight excluding hydrogens is 209 g/mol. The third-order valence-electron chi connectivity index (χ3n) is 2.92. The minimum Gasteiger partial charge on any atom is -0.393 e. The third kappa shape index (κ3) is 3.13. The fourth-order valence-corrected chi connectivity index (χ4v) is 2.09. The van der Waals surface area contributed by atoms with Gasteiger partial charge in [-0.15, -0.1) is 0 Å². The molecule has 1 aromatic heterocycles. The van der Waals surface area contributed by atoms with Crippen LogP contribution < -0.4 is 5.32 Å². The van der Waals surface area contributed by atoms with Crippen LogP contribution in [0.3, 0.4) is 0 Å². The molecule has 0 aromatic carbocycles. The van der Waals surface area contributed by atoms with Crippen molar-refractivity contribution in [1.29, 1.82) is 0 Å². The Morgan fingerprint density at radius 3 is 2.81 bits per heavy atom. The molecule has 0 bridgehead atoms. The molecule has 2 rings (SSSR count). The molecule has 0 radical (unpaired) electrons. The van der Waals surface area contributed by atoms with Crippen molar-refractivity contribution in [1.82, 2.24) is 9.97 Å². The number of aromatic nitrogens is 2. The summed E-state index contributed by atoms with van der Waals surface area (Å²) >= 11 is 0. The zero-order valence-electron chi connectivity index (χ0n) is 9.06. The highest BCUT2D eigenvalue weighted by atomic mass is 19.1. The van der Waals surface area contributed by atoms with Crippen molar-refractivity contribution < 1.29 is 9.50 Å². The number of halogens is 1. The lowest BCUT2D eigenvalue weighted by molar-refractivity contribution is 0.104. The highest BCUT2D eigenvalue weighted by molar-refractivity contribution is 5.22. The second kappa shape index (κ2) is 5.21. The summed E-state index contributed by atoms with van der Waals surface area (Å²) in [5.74, 6) is 0.470. The molecule has 1 aliphatic carbocycles. The van der Waals surface area contributed by atoms with Gasteiger partial charge in [0.15, 0.2) is 5.82 Å². The number of rotatable bonds is 3. The Hall–Kier alpha value is -1.23. The van der Waals surface area contributed by atoms with Crippen LogP contribution in [-0.2, 0) is 0 Å².